The smallest absolute Gasteiger partial charge is 0.303 e. The zero-order valence-electron chi connectivity index (χ0n) is 14.2. The molecule has 0 aliphatic heterocycles. The van der Waals surface area contributed by atoms with Crippen molar-refractivity contribution in [2.45, 2.75) is 64.2 Å². The molecule has 2 N–H and O–H groups in total. The first-order valence-electron chi connectivity index (χ1n) is 8.80. The number of allylic oxidation sites excluding steroid dienone is 8. The number of unbranched alkanes of at least 4 members (excludes halogenated alkanes) is 7. The molecule has 0 fully saturated rings. The van der Waals surface area contributed by atoms with Crippen LogP contribution in [-0.2, 0) is 9.59 Å². The second-order valence-corrected chi connectivity index (χ2v) is 6.08. The van der Waals surface area contributed by atoms with Crippen LogP contribution in [0.4, 0.5) is 0 Å². The molecule has 4 heteroatoms. The van der Waals surface area contributed by atoms with Gasteiger partial charge in [0.1, 0.15) is 0 Å². The lowest BCUT2D eigenvalue weighted by Crippen LogP contribution is -1.94. The van der Waals surface area contributed by atoms with Gasteiger partial charge in [0, 0.05) is 12.8 Å². The van der Waals surface area contributed by atoms with Crippen LogP contribution in [0.3, 0.4) is 0 Å². The van der Waals surface area contributed by atoms with Crippen molar-refractivity contribution in [1.29, 1.82) is 0 Å². The molecule has 0 aromatic carbocycles. The fraction of sp³-hybridized carbons (Fsp3) is 0.500. The molecule has 0 unspecified atom stereocenters. The molecule has 0 bridgehead atoms. The highest BCUT2D eigenvalue weighted by atomic mass is 16.4. The molecule has 0 saturated carbocycles. The Morgan fingerprint density at radius 1 is 0.625 bits per heavy atom. The fourth-order valence-corrected chi connectivity index (χ4v) is 2.62. The van der Waals surface area contributed by atoms with E-state index in [0.29, 0.717) is 0 Å². The standard InChI is InChI=1S/C12H22O4.C8H6/c13-11(14)9-7-5-3-1-2-4-6-8-10-12(15)16;1-3-7-5-2-6-8(7)4-1/h1-10H2,(H,13,14)(H,15,16);1-6H. The lowest BCUT2D eigenvalue weighted by atomic mass is 10.1. The van der Waals surface area contributed by atoms with Crippen molar-refractivity contribution in [2.75, 3.05) is 0 Å². The Kier molecular flexibility index (Phi) is 10.3. The summed E-state index contributed by atoms with van der Waals surface area (Å²) in [5, 5.41) is 16.8. The maximum Gasteiger partial charge on any atom is 0.303 e. The van der Waals surface area contributed by atoms with Crippen LogP contribution in [0.25, 0.3) is 0 Å². The Balaban J connectivity index is 0.000000292. The van der Waals surface area contributed by atoms with Crippen molar-refractivity contribution in [2.24, 2.45) is 0 Å². The lowest BCUT2D eigenvalue weighted by Gasteiger charge is -2.00. The number of rotatable bonds is 11. The van der Waals surface area contributed by atoms with Gasteiger partial charge in [0.05, 0.1) is 0 Å². The molecule has 0 saturated heterocycles. The van der Waals surface area contributed by atoms with Crippen LogP contribution < -0.4 is 0 Å². The van der Waals surface area contributed by atoms with E-state index in [9.17, 15) is 9.59 Å². The van der Waals surface area contributed by atoms with Crippen molar-refractivity contribution < 1.29 is 19.8 Å². The monoisotopic (exact) mass is 332 g/mol. The fourth-order valence-electron chi connectivity index (χ4n) is 2.62. The third kappa shape index (κ3) is 9.82. The van der Waals surface area contributed by atoms with Crippen molar-refractivity contribution in [3.63, 3.8) is 0 Å². The summed E-state index contributed by atoms with van der Waals surface area (Å²) in [6.45, 7) is 0. The van der Waals surface area contributed by atoms with E-state index in [1.54, 1.807) is 0 Å². The normalized spacial score (nSPS) is 13.8. The van der Waals surface area contributed by atoms with Gasteiger partial charge in [-0.2, -0.15) is 0 Å². The summed E-state index contributed by atoms with van der Waals surface area (Å²) in [7, 11) is 0. The molecular weight excluding hydrogens is 304 g/mol. The molecule has 0 aromatic heterocycles. The van der Waals surface area contributed by atoms with Gasteiger partial charge >= 0.3 is 11.9 Å². The van der Waals surface area contributed by atoms with Crippen molar-refractivity contribution in [3.8, 4) is 0 Å². The molecule has 24 heavy (non-hydrogen) atoms. The second-order valence-electron chi connectivity index (χ2n) is 6.08. The third-order valence-corrected chi connectivity index (χ3v) is 3.97. The van der Waals surface area contributed by atoms with Crippen molar-refractivity contribution >= 4 is 11.9 Å². The van der Waals surface area contributed by atoms with Gasteiger partial charge in [-0.3, -0.25) is 9.59 Å². The first-order chi connectivity index (χ1) is 11.6. The summed E-state index contributed by atoms with van der Waals surface area (Å²) in [5.74, 6) is -1.43. The third-order valence-electron chi connectivity index (χ3n) is 3.97. The summed E-state index contributed by atoms with van der Waals surface area (Å²) in [6.07, 6.45) is 21.1. The van der Waals surface area contributed by atoms with E-state index in [0.717, 1.165) is 51.4 Å². The van der Waals surface area contributed by atoms with E-state index in [1.165, 1.54) is 11.1 Å². The number of hydrogen-bond donors (Lipinski definition) is 2. The predicted molar refractivity (Wildman–Crippen MR) is 95.9 cm³/mol. The number of fused-ring (bicyclic) bond motifs is 1. The minimum absolute atomic E-state index is 0.276. The lowest BCUT2D eigenvalue weighted by molar-refractivity contribution is -0.138. The van der Waals surface area contributed by atoms with Gasteiger partial charge in [0.25, 0.3) is 0 Å². The van der Waals surface area contributed by atoms with Gasteiger partial charge < -0.3 is 10.2 Å². The molecule has 2 rings (SSSR count). The Morgan fingerprint density at radius 3 is 1.29 bits per heavy atom. The van der Waals surface area contributed by atoms with Gasteiger partial charge in [0.15, 0.2) is 0 Å². The van der Waals surface area contributed by atoms with Crippen LogP contribution in [-0.4, -0.2) is 22.2 Å². The number of carboxylic acids is 2. The Hall–Kier alpha value is -2.10. The number of carbonyl (C=O) groups is 2. The van der Waals surface area contributed by atoms with E-state index in [-0.39, 0.29) is 12.8 Å². The van der Waals surface area contributed by atoms with E-state index >= 15 is 0 Å². The first kappa shape index (κ1) is 19.9. The Labute approximate surface area is 144 Å². The molecule has 2 aliphatic rings. The maximum atomic E-state index is 10.2. The largest absolute Gasteiger partial charge is 0.481 e. The van der Waals surface area contributed by atoms with Crippen LogP contribution in [0, 0.1) is 0 Å². The van der Waals surface area contributed by atoms with E-state index in [2.05, 4.69) is 36.5 Å². The average Bonchev–Trinajstić information content (AvgIpc) is 3.13. The highest BCUT2D eigenvalue weighted by Crippen LogP contribution is 2.23. The number of aliphatic carboxylic acids is 2. The first-order valence-corrected chi connectivity index (χ1v) is 8.80. The summed E-state index contributed by atoms with van der Waals surface area (Å²) in [4.78, 5) is 20.4. The summed E-state index contributed by atoms with van der Waals surface area (Å²) >= 11 is 0. The van der Waals surface area contributed by atoms with Crippen LogP contribution in [0.15, 0.2) is 47.6 Å². The second kappa shape index (κ2) is 12.3. The van der Waals surface area contributed by atoms with Gasteiger partial charge in [-0.05, 0) is 24.0 Å². The zero-order chi connectivity index (χ0) is 17.6. The molecule has 0 atom stereocenters. The molecule has 0 aromatic rings. The quantitative estimate of drug-likeness (QED) is 0.520. The van der Waals surface area contributed by atoms with Crippen LogP contribution in [0.2, 0.25) is 0 Å². The predicted octanol–water partition coefficient (Wildman–Crippen LogP) is 5.04. The zero-order valence-corrected chi connectivity index (χ0v) is 14.2. The molecule has 4 nitrogen and oxygen atoms in total. The Bertz CT molecular complexity index is 476. The van der Waals surface area contributed by atoms with Crippen molar-refractivity contribution in [3.05, 3.63) is 47.6 Å². The number of hydrogen-bond acceptors (Lipinski definition) is 2. The maximum absolute atomic E-state index is 10.2. The van der Waals surface area contributed by atoms with Crippen LogP contribution in [0.1, 0.15) is 64.2 Å². The molecule has 2 aliphatic carbocycles. The molecule has 0 radical (unpaired) electrons. The minimum atomic E-state index is -0.714. The van der Waals surface area contributed by atoms with Crippen LogP contribution >= 0.6 is 0 Å². The average molecular weight is 332 g/mol. The van der Waals surface area contributed by atoms with E-state index in [4.69, 9.17) is 10.2 Å². The van der Waals surface area contributed by atoms with Gasteiger partial charge in [0.2, 0.25) is 0 Å². The SMILES string of the molecule is C1=CC2=CC=CC2=C1.O=C(O)CCCCCCCCCCC(=O)O. The molecule has 132 valence electrons. The van der Waals surface area contributed by atoms with Gasteiger partial charge in [-0.15, -0.1) is 0 Å². The van der Waals surface area contributed by atoms with E-state index < -0.39 is 11.9 Å². The minimum Gasteiger partial charge on any atom is -0.481 e. The molecular formula is C20H28O4. The summed E-state index contributed by atoms with van der Waals surface area (Å²) in [5.41, 5.74) is 2.70. The van der Waals surface area contributed by atoms with Gasteiger partial charge in [-0.1, -0.05) is 75.0 Å². The van der Waals surface area contributed by atoms with E-state index in [1.807, 2.05) is 0 Å². The Morgan fingerprint density at radius 2 is 0.958 bits per heavy atom. The number of carboxylic acid groups (broad SMARTS) is 2. The molecule has 0 heterocycles. The van der Waals surface area contributed by atoms with Crippen LogP contribution in [0.5, 0.6) is 0 Å². The molecule has 0 spiro atoms. The summed E-state index contributed by atoms with van der Waals surface area (Å²) in [6, 6.07) is 0. The van der Waals surface area contributed by atoms with Gasteiger partial charge in [-0.25, -0.2) is 0 Å². The topological polar surface area (TPSA) is 74.6 Å². The highest BCUT2D eigenvalue weighted by molar-refractivity contribution is 5.66. The van der Waals surface area contributed by atoms with Crippen molar-refractivity contribution in [1.82, 2.24) is 0 Å². The highest BCUT2D eigenvalue weighted by Gasteiger charge is 2.04. The molecule has 0 amide bonds. The summed E-state index contributed by atoms with van der Waals surface area (Å²) < 4.78 is 0.